The molecule has 1 aromatic heterocycles. The summed E-state index contributed by atoms with van der Waals surface area (Å²) in [5.74, 6) is 0.556. The molecule has 0 spiro atoms. The van der Waals surface area contributed by atoms with Crippen molar-refractivity contribution in [2.75, 3.05) is 19.7 Å². The van der Waals surface area contributed by atoms with Crippen molar-refractivity contribution >= 4 is 29.1 Å². The zero-order chi connectivity index (χ0) is 34.4. The fraction of sp³-hybridized carbons (Fsp3) is 0.500. The van der Waals surface area contributed by atoms with Gasteiger partial charge in [0, 0.05) is 53.6 Å². The second-order valence-corrected chi connectivity index (χ2v) is 13.6. The highest BCUT2D eigenvalue weighted by Gasteiger charge is 2.48. The molecule has 1 amide bonds. The van der Waals surface area contributed by atoms with Gasteiger partial charge in [0.1, 0.15) is 30.2 Å². The summed E-state index contributed by atoms with van der Waals surface area (Å²) in [7, 11) is 0. The van der Waals surface area contributed by atoms with Gasteiger partial charge in [-0.3, -0.25) is 9.78 Å². The minimum atomic E-state index is -1.75. The maximum Gasteiger partial charge on any atom is 0.219 e. The van der Waals surface area contributed by atoms with Crippen molar-refractivity contribution < 1.29 is 39.8 Å². The number of carbonyl (C=O) groups excluding carboxylic acids is 1. The first-order valence-corrected chi connectivity index (χ1v) is 17.2. The number of para-hydroxylation sites is 1. The molecule has 260 valence electrons. The van der Waals surface area contributed by atoms with Crippen LogP contribution in [-0.4, -0.2) is 91.5 Å². The maximum atomic E-state index is 12.2. The topological polar surface area (TPSA) is 153 Å². The van der Waals surface area contributed by atoms with E-state index < -0.39 is 36.6 Å². The largest absolute Gasteiger partial charge is 0.490 e. The van der Waals surface area contributed by atoms with E-state index in [9.17, 15) is 25.2 Å². The van der Waals surface area contributed by atoms with Gasteiger partial charge >= 0.3 is 0 Å². The molecule has 12 heteroatoms. The van der Waals surface area contributed by atoms with Gasteiger partial charge in [0.15, 0.2) is 0 Å². The Morgan fingerprint density at radius 1 is 0.979 bits per heavy atom. The van der Waals surface area contributed by atoms with Gasteiger partial charge in [0.2, 0.25) is 5.91 Å². The number of benzene rings is 2. The molecule has 2 saturated carbocycles. The number of ether oxygens (including phenoxy) is 2. The summed E-state index contributed by atoms with van der Waals surface area (Å²) >= 11 is 13.4. The lowest BCUT2D eigenvalue weighted by Gasteiger charge is -2.30. The molecule has 3 aromatic rings. The Morgan fingerprint density at radius 3 is 2.35 bits per heavy atom. The van der Waals surface area contributed by atoms with Gasteiger partial charge in [0.05, 0.1) is 24.9 Å². The normalized spacial score (nSPS) is 17.8. The summed E-state index contributed by atoms with van der Waals surface area (Å²) in [6.45, 7) is 0.902. The highest BCUT2D eigenvalue weighted by atomic mass is 35.5. The molecule has 0 saturated heterocycles. The van der Waals surface area contributed by atoms with Crippen molar-refractivity contribution in [3.05, 3.63) is 81.6 Å². The number of amides is 1. The molecule has 2 aliphatic carbocycles. The van der Waals surface area contributed by atoms with Crippen LogP contribution in [0.1, 0.15) is 62.1 Å². The molecule has 0 bridgehead atoms. The Bertz CT molecular complexity index is 1550. The van der Waals surface area contributed by atoms with Crippen LogP contribution in [0.2, 0.25) is 10.0 Å². The van der Waals surface area contributed by atoms with Crippen LogP contribution in [0.15, 0.2) is 54.9 Å². The van der Waals surface area contributed by atoms with E-state index in [0.717, 1.165) is 59.3 Å². The number of aliphatic hydroxyl groups excluding tert-OH is 5. The average molecular weight is 704 g/mol. The maximum absolute atomic E-state index is 12.2. The third kappa shape index (κ3) is 9.05. The van der Waals surface area contributed by atoms with Crippen LogP contribution in [0, 0.1) is 0 Å². The van der Waals surface area contributed by atoms with Crippen LogP contribution in [0.25, 0.3) is 11.1 Å². The van der Waals surface area contributed by atoms with E-state index in [1.807, 2.05) is 42.6 Å². The molecule has 10 nitrogen and oxygen atoms in total. The van der Waals surface area contributed by atoms with Gasteiger partial charge in [0.25, 0.3) is 0 Å². The summed E-state index contributed by atoms with van der Waals surface area (Å²) in [5.41, 5.74) is 4.26. The first kappa shape index (κ1) is 36.5. The van der Waals surface area contributed by atoms with Crippen molar-refractivity contribution in [1.29, 1.82) is 0 Å². The van der Waals surface area contributed by atoms with Gasteiger partial charge < -0.3 is 39.9 Å². The Hall–Kier alpha value is -2.80. The number of halogens is 2. The third-order valence-electron chi connectivity index (χ3n) is 9.03. The highest BCUT2D eigenvalue weighted by molar-refractivity contribution is 6.34. The van der Waals surface area contributed by atoms with Crippen LogP contribution in [0.4, 0.5) is 0 Å². The predicted molar refractivity (Wildman–Crippen MR) is 182 cm³/mol. The van der Waals surface area contributed by atoms with Crippen LogP contribution in [-0.2, 0) is 28.2 Å². The number of unbranched alkanes of at least 4 members (excludes halogenated alkanes) is 1. The van der Waals surface area contributed by atoms with Crippen LogP contribution in [0.5, 0.6) is 5.75 Å². The molecule has 0 unspecified atom stereocenters. The van der Waals surface area contributed by atoms with Gasteiger partial charge in [-0.05, 0) is 85.9 Å². The zero-order valence-electron chi connectivity index (χ0n) is 27.0. The van der Waals surface area contributed by atoms with E-state index in [4.69, 9.17) is 37.8 Å². The van der Waals surface area contributed by atoms with Crippen molar-refractivity contribution in [3.63, 3.8) is 0 Å². The lowest BCUT2D eigenvalue weighted by atomic mass is 9.96. The van der Waals surface area contributed by atoms with Gasteiger partial charge in [-0.15, -0.1) is 0 Å². The van der Waals surface area contributed by atoms with Crippen molar-refractivity contribution in [2.45, 2.75) is 94.6 Å². The zero-order valence-corrected chi connectivity index (χ0v) is 28.5. The number of hydrogen-bond donors (Lipinski definition) is 5. The Labute approximate surface area is 290 Å². The first-order chi connectivity index (χ1) is 23.0. The molecule has 48 heavy (non-hydrogen) atoms. The molecule has 2 aliphatic rings. The van der Waals surface area contributed by atoms with E-state index >= 15 is 0 Å². The molecule has 5 rings (SSSR count). The van der Waals surface area contributed by atoms with Crippen LogP contribution >= 0.6 is 23.2 Å². The number of rotatable bonds is 18. The molecule has 5 N–H and O–H groups in total. The summed E-state index contributed by atoms with van der Waals surface area (Å²) in [5, 5.41) is 49.9. The third-order valence-corrected chi connectivity index (χ3v) is 9.74. The fourth-order valence-corrected chi connectivity index (χ4v) is 6.32. The van der Waals surface area contributed by atoms with Crippen molar-refractivity contribution in [3.8, 4) is 16.9 Å². The van der Waals surface area contributed by atoms with Crippen molar-refractivity contribution in [2.24, 2.45) is 0 Å². The number of aryl methyl sites for hydroxylation is 1. The number of pyridine rings is 1. The monoisotopic (exact) mass is 702 g/mol. The average Bonchev–Trinajstić information content (AvgIpc) is 4.03. The lowest BCUT2D eigenvalue weighted by molar-refractivity contribution is -0.138. The Morgan fingerprint density at radius 2 is 1.67 bits per heavy atom. The smallest absolute Gasteiger partial charge is 0.219 e. The summed E-state index contributed by atoms with van der Waals surface area (Å²) in [6.07, 6.45) is 3.07. The van der Waals surface area contributed by atoms with E-state index in [-0.39, 0.29) is 25.2 Å². The summed E-state index contributed by atoms with van der Waals surface area (Å²) < 4.78 is 12.8. The Kier molecular flexibility index (Phi) is 12.4. The minimum Gasteiger partial charge on any atom is -0.490 e. The fourth-order valence-electron chi connectivity index (χ4n) is 5.79. The van der Waals surface area contributed by atoms with Crippen molar-refractivity contribution in [1.82, 2.24) is 9.88 Å². The number of aromatic nitrogens is 1. The minimum absolute atomic E-state index is 0.240. The quantitative estimate of drug-likeness (QED) is 0.121. The molecule has 4 atom stereocenters. The SMILES string of the molecule is CC(=O)N(CCCCc1cc(Cl)c(COC2(c3cnccc3-c3ccccc3OC3CC3)CC2)cc1Cl)C[C@H](O)[C@@H](O)[C@H](O)[C@H](O)CO. The highest BCUT2D eigenvalue weighted by Crippen LogP contribution is 2.53. The van der Waals surface area contributed by atoms with E-state index in [1.54, 1.807) is 6.20 Å². The molecule has 0 aliphatic heterocycles. The van der Waals surface area contributed by atoms with Gasteiger partial charge in [-0.25, -0.2) is 0 Å². The molecule has 2 aromatic carbocycles. The van der Waals surface area contributed by atoms with E-state index in [2.05, 4.69) is 11.1 Å². The second-order valence-electron chi connectivity index (χ2n) is 12.8. The van der Waals surface area contributed by atoms with Gasteiger partial charge in [-0.2, -0.15) is 0 Å². The number of aliphatic hydroxyl groups is 5. The number of hydrogen-bond acceptors (Lipinski definition) is 9. The van der Waals surface area contributed by atoms with Crippen LogP contribution in [0.3, 0.4) is 0 Å². The second kappa shape index (κ2) is 16.3. The summed E-state index contributed by atoms with van der Waals surface area (Å²) in [6, 6.07) is 13.8. The van der Waals surface area contributed by atoms with Gasteiger partial charge in [-0.1, -0.05) is 41.4 Å². The lowest BCUT2D eigenvalue weighted by Crippen LogP contribution is -2.50. The van der Waals surface area contributed by atoms with Crippen LogP contribution < -0.4 is 4.74 Å². The molecule has 0 radical (unpaired) electrons. The van der Waals surface area contributed by atoms with E-state index in [1.165, 1.54) is 11.8 Å². The summed E-state index contributed by atoms with van der Waals surface area (Å²) in [4.78, 5) is 18.0. The van der Waals surface area contributed by atoms with E-state index in [0.29, 0.717) is 35.9 Å². The molecule has 1 heterocycles. The molecular formula is C36H44Cl2N2O8. The Balaban J connectivity index is 1.17. The molecular weight excluding hydrogens is 659 g/mol. The molecule has 2 fully saturated rings. The first-order valence-electron chi connectivity index (χ1n) is 16.4. The number of nitrogens with zero attached hydrogens (tertiary/aromatic N) is 2. The number of carbonyl (C=O) groups is 1. The standard InChI is InChI=1S/C36H44Cl2N2O8/c1-22(42)40(19-31(43)34(45)35(46)32(44)20-41)15-5-4-6-23-16-30(38)24(17-29(23)37)21-47-36(12-13-36)28-18-39-14-11-26(28)27-7-2-3-8-33(27)48-25-9-10-25/h2-3,7-8,11,14,16-18,25,31-32,34-35,41,43-46H,4-6,9-10,12-13,15,19-21H2,1H3/t31-,32+,34+,35+/m0/s1. The predicted octanol–water partition coefficient (Wildman–Crippen LogP) is 4.41.